The van der Waals surface area contributed by atoms with Crippen LogP contribution in [0.15, 0.2) is 82.2 Å². The molecule has 0 aliphatic rings. The number of halogens is 2. The van der Waals surface area contributed by atoms with Crippen LogP contribution in [0.25, 0.3) is 0 Å². The number of sulfonamides is 1. The predicted molar refractivity (Wildman–Crippen MR) is 156 cm³/mol. The van der Waals surface area contributed by atoms with Gasteiger partial charge >= 0.3 is 0 Å². The summed E-state index contributed by atoms with van der Waals surface area (Å²) in [6, 6.07) is 16.9. The minimum absolute atomic E-state index is 0.0686. The number of carbonyl (C=O) groups excluding carboxylic acids is 2. The number of carbonyl (C=O) groups is 2. The average Bonchev–Trinajstić information content (AvgIpc) is 2.91. The van der Waals surface area contributed by atoms with E-state index >= 15 is 0 Å². The molecule has 0 aliphatic carbocycles. The van der Waals surface area contributed by atoms with Crippen molar-refractivity contribution in [2.45, 2.75) is 51.2 Å². The van der Waals surface area contributed by atoms with Crippen molar-refractivity contribution in [1.29, 1.82) is 0 Å². The standard InChI is InChI=1S/C29H33BrFN3O5S/c1-5-39-26-14-16-27(17-15-26)40(37,38)34(25-12-10-24(31)11-13-25)19-28(35)33(21(4)29(36)32-20(2)3)18-22-6-8-23(30)9-7-22/h6-17,20-21H,5,18-19H2,1-4H3,(H,32,36). The first-order valence-corrected chi connectivity index (χ1v) is 15.0. The maximum absolute atomic E-state index is 13.9. The van der Waals surface area contributed by atoms with Crippen LogP contribution >= 0.6 is 15.9 Å². The van der Waals surface area contributed by atoms with Gasteiger partial charge in [-0.25, -0.2) is 12.8 Å². The van der Waals surface area contributed by atoms with Crippen molar-refractivity contribution in [2.75, 3.05) is 17.5 Å². The molecule has 3 aromatic rings. The van der Waals surface area contributed by atoms with Gasteiger partial charge in [0, 0.05) is 17.1 Å². The van der Waals surface area contributed by atoms with E-state index in [0.717, 1.165) is 26.5 Å². The van der Waals surface area contributed by atoms with Crippen molar-refractivity contribution < 1.29 is 27.1 Å². The first-order valence-electron chi connectivity index (χ1n) is 12.8. The summed E-state index contributed by atoms with van der Waals surface area (Å²) in [7, 11) is -4.27. The second kappa shape index (κ2) is 13.8. The highest BCUT2D eigenvalue weighted by molar-refractivity contribution is 9.10. The Labute approximate surface area is 243 Å². The molecule has 0 bridgehead atoms. The number of nitrogens with zero attached hydrogens (tertiary/aromatic N) is 2. The summed E-state index contributed by atoms with van der Waals surface area (Å²) in [4.78, 5) is 28.1. The fourth-order valence-corrected chi connectivity index (χ4v) is 5.59. The van der Waals surface area contributed by atoms with Crippen LogP contribution in [0.2, 0.25) is 0 Å². The van der Waals surface area contributed by atoms with Crippen molar-refractivity contribution in [3.8, 4) is 5.75 Å². The second-order valence-electron chi connectivity index (χ2n) is 9.38. The molecule has 0 aliphatic heterocycles. The molecule has 2 amide bonds. The Morgan fingerprint density at radius 2 is 1.55 bits per heavy atom. The monoisotopic (exact) mass is 633 g/mol. The van der Waals surface area contributed by atoms with Gasteiger partial charge in [0.1, 0.15) is 24.2 Å². The Balaban J connectivity index is 2.01. The van der Waals surface area contributed by atoms with E-state index in [1.54, 1.807) is 6.92 Å². The van der Waals surface area contributed by atoms with Gasteiger partial charge in [-0.15, -0.1) is 0 Å². The summed E-state index contributed by atoms with van der Waals surface area (Å²) in [6.07, 6.45) is 0. The van der Waals surface area contributed by atoms with Crippen LogP contribution in [0.1, 0.15) is 33.3 Å². The smallest absolute Gasteiger partial charge is 0.264 e. The first-order chi connectivity index (χ1) is 18.9. The molecule has 1 N–H and O–H groups in total. The molecular formula is C29H33BrFN3O5S. The van der Waals surface area contributed by atoms with Crippen LogP contribution in [0.4, 0.5) is 10.1 Å². The van der Waals surface area contributed by atoms with Crippen molar-refractivity contribution in [3.63, 3.8) is 0 Å². The van der Waals surface area contributed by atoms with Crippen LogP contribution in [-0.2, 0) is 26.2 Å². The van der Waals surface area contributed by atoms with Gasteiger partial charge in [-0.2, -0.15) is 0 Å². The number of nitrogens with one attached hydrogen (secondary N) is 1. The Kier molecular flexibility index (Phi) is 10.7. The highest BCUT2D eigenvalue weighted by Crippen LogP contribution is 2.26. The quantitative estimate of drug-likeness (QED) is 0.299. The number of rotatable bonds is 12. The van der Waals surface area contributed by atoms with Gasteiger partial charge in [-0.3, -0.25) is 13.9 Å². The van der Waals surface area contributed by atoms with Gasteiger partial charge in [0.15, 0.2) is 0 Å². The fraction of sp³-hybridized carbons (Fsp3) is 0.310. The summed E-state index contributed by atoms with van der Waals surface area (Å²) >= 11 is 3.39. The van der Waals surface area contributed by atoms with Gasteiger partial charge in [0.25, 0.3) is 10.0 Å². The van der Waals surface area contributed by atoms with Crippen molar-refractivity contribution in [3.05, 3.63) is 88.6 Å². The third kappa shape index (κ3) is 8.04. The molecule has 3 aromatic carbocycles. The third-order valence-corrected chi connectivity index (χ3v) is 8.30. The normalized spacial score (nSPS) is 12.1. The first kappa shape index (κ1) is 31.1. The zero-order valence-corrected chi connectivity index (χ0v) is 25.2. The summed E-state index contributed by atoms with van der Waals surface area (Å²) in [5, 5.41) is 2.81. The Morgan fingerprint density at radius 1 is 0.950 bits per heavy atom. The highest BCUT2D eigenvalue weighted by atomic mass is 79.9. The molecule has 0 saturated heterocycles. The molecule has 0 saturated carbocycles. The van der Waals surface area contributed by atoms with Crippen LogP contribution in [-0.4, -0.2) is 50.4 Å². The molecule has 0 radical (unpaired) electrons. The maximum atomic E-state index is 13.9. The number of hydrogen-bond acceptors (Lipinski definition) is 5. The largest absolute Gasteiger partial charge is 0.494 e. The van der Waals surface area contributed by atoms with Gasteiger partial charge in [-0.05, 0) is 93.9 Å². The average molecular weight is 635 g/mol. The van der Waals surface area contributed by atoms with E-state index in [1.165, 1.54) is 41.3 Å². The number of ether oxygens (including phenoxy) is 1. The molecule has 8 nitrogen and oxygen atoms in total. The molecule has 0 fully saturated rings. The molecule has 0 heterocycles. The summed E-state index contributed by atoms with van der Waals surface area (Å²) in [5.74, 6) is -1.03. The van der Waals surface area contributed by atoms with E-state index in [9.17, 15) is 22.4 Å². The third-order valence-electron chi connectivity index (χ3n) is 5.98. The summed E-state index contributed by atoms with van der Waals surface area (Å²) in [5.41, 5.74) is 0.856. The Hall–Kier alpha value is -3.44. The highest BCUT2D eigenvalue weighted by Gasteiger charge is 2.32. The minimum atomic E-state index is -4.27. The summed E-state index contributed by atoms with van der Waals surface area (Å²) < 4.78 is 48.6. The lowest BCUT2D eigenvalue weighted by atomic mass is 10.1. The number of hydrogen-bond donors (Lipinski definition) is 1. The number of benzene rings is 3. The zero-order valence-electron chi connectivity index (χ0n) is 22.8. The van der Waals surface area contributed by atoms with E-state index in [2.05, 4.69) is 21.2 Å². The van der Waals surface area contributed by atoms with Gasteiger partial charge < -0.3 is 15.0 Å². The van der Waals surface area contributed by atoms with E-state index in [4.69, 9.17) is 4.74 Å². The molecule has 11 heteroatoms. The predicted octanol–water partition coefficient (Wildman–Crippen LogP) is 5.12. The van der Waals surface area contributed by atoms with Gasteiger partial charge in [0.2, 0.25) is 11.8 Å². The van der Waals surface area contributed by atoms with Crippen LogP contribution < -0.4 is 14.4 Å². The van der Waals surface area contributed by atoms with E-state index in [0.29, 0.717) is 12.4 Å². The lowest BCUT2D eigenvalue weighted by molar-refractivity contribution is -0.139. The van der Waals surface area contributed by atoms with E-state index in [-0.39, 0.29) is 29.1 Å². The number of anilines is 1. The molecule has 214 valence electrons. The number of amides is 2. The van der Waals surface area contributed by atoms with E-state index < -0.39 is 34.3 Å². The molecule has 0 aromatic heterocycles. The van der Waals surface area contributed by atoms with Crippen LogP contribution in [0.3, 0.4) is 0 Å². The lowest BCUT2D eigenvalue weighted by Gasteiger charge is -2.32. The molecule has 1 unspecified atom stereocenters. The lowest BCUT2D eigenvalue weighted by Crippen LogP contribution is -2.52. The second-order valence-corrected chi connectivity index (χ2v) is 12.2. The molecule has 3 rings (SSSR count). The SMILES string of the molecule is CCOc1ccc(S(=O)(=O)N(CC(=O)N(Cc2ccc(Br)cc2)C(C)C(=O)NC(C)C)c2ccc(F)cc2)cc1. The van der Waals surface area contributed by atoms with Crippen LogP contribution in [0, 0.1) is 5.82 Å². The Bertz CT molecular complexity index is 1400. The Morgan fingerprint density at radius 3 is 2.10 bits per heavy atom. The molecule has 1 atom stereocenters. The van der Waals surface area contributed by atoms with Crippen LogP contribution in [0.5, 0.6) is 5.75 Å². The topological polar surface area (TPSA) is 96.0 Å². The molecular weight excluding hydrogens is 601 g/mol. The maximum Gasteiger partial charge on any atom is 0.264 e. The van der Waals surface area contributed by atoms with E-state index in [1.807, 2.05) is 45.0 Å². The molecule has 40 heavy (non-hydrogen) atoms. The van der Waals surface area contributed by atoms with Crippen molar-refractivity contribution >= 4 is 43.5 Å². The fourth-order valence-electron chi connectivity index (χ4n) is 3.91. The summed E-state index contributed by atoms with van der Waals surface area (Å²) in [6.45, 7) is 6.90. The van der Waals surface area contributed by atoms with Crippen molar-refractivity contribution in [1.82, 2.24) is 10.2 Å². The zero-order chi connectivity index (χ0) is 29.4. The minimum Gasteiger partial charge on any atom is -0.494 e. The molecule has 0 spiro atoms. The van der Waals surface area contributed by atoms with Gasteiger partial charge in [0.05, 0.1) is 17.2 Å². The van der Waals surface area contributed by atoms with Gasteiger partial charge in [-0.1, -0.05) is 28.1 Å². The van der Waals surface area contributed by atoms with Crippen molar-refractivity contribution in [2.24, 2.45) is 0 Å².